The number of ether oxygens (including phenoxy) is 1. The molecule has 0 saturated carbocycles. The Morgan fingerprint density at radius 3 is 2.89 bits per heavy atom. The SMILES string of the molecule is OCCOCCNCCc1cccc2cccnc12. The van der Waals surface area contributed by atoms with Crippen LogP contribution in [0.25, 0.3) is 10.9 Å². The summed E-state index contributed by atoms with van der Waals surface area (Å²) in [5, 5.41) is 13.1. The average molecular weight is 260 g/mol. The van der Waals surface area contributed by atoms with Crippen molar-refractivity contribution in [2.24, 2.45) is 0 Å². The van der Waals surface area contributed by atoms with Crippen molar-refractivity contribution in [2.45, 2.75) is 6.42 Å². The van der Waals surface area contributed by atoms with E-state index in [2.05, 4.69) is 34.6 Å². The predicted octanol–water partition coefficient (Wildman–Crippen LogP) is 1.38. The van der Waals surface area contributed by atoms with Gasteiger partial charge in [-0.25, -0.2) is 0 Å². The molecule has 0 amide bonds. The number of nitrogens with zero attached hydrogens (tertiary/aromatic N) is 1. The lowest BCUT2D eigenvalue weighted by Gasteiger charge is -2.07. The van der Waals surface area contributed by atoms with Gasteiger partial charge in [0.25, 0.3) is 0 Å². The van der Waals surface area contributed by atoms with Crippen LogP contribution < -0.4 is 5.32 Å². The number of aromatic nitrogens is 1. The largest absolute Gasteiger partial charge is 0.394 e. The quantitative estimate of drug-likeness (QED) is 0.704. The Labute approximate surface area is 113 Å². The lowest BCUT2D eigenvalue weighted by molar-refractivity contribution is 0.0940. The van der Waals surface area contributed by atoms with E-state index in [0.717, 1.165) is 25.0 Å². The first-order chi connectivity index (χ1) is 9.42. The van der Waals surface area contributed by atoms with Crippen molar-refractivity contribution in [3.8, 4) is 0 Å². The molecule has 2 N–H and O–H groups in total. The molecule has 19 heavy (non-hydrogen) atoms. The number of aliphatic hydroxyl groups is 1. The summed E-state index contributed by atoms with van der Waals surface area (Å²) in [6, 6.07) is 10.3. The molecule has 1 aromatic heterocycles. The molecular formula is C15H20N2O2. The molecule has 4 nitrogen and oxygen atoms in total. The van der Waals surface area contributed by atoms with Gasteiger partial charge in [0.1, 0.15) is 0 Å². The molecule has 0 spiro atoms. The van der Waals surface area contributed by atoms with Gasteiger partial charge in [-0.15, -0.1) is 0 Å². The maximum atomic E-state index is 8.57. The van der Waals surface area contributed by atoms with Crippen LogP contribution >= 0.6 is 0 Å². The molecule has 0 unspecified atom stereocenters. The van der Waals surface area contributed by atoms with E-state index < -0.39 is 0 Å². The third-order valence-electron chi connectivity index (χ3n) is 2.95. The third kappa shape index (κ3) is 4.28. The Kier molecular flexibility index (Phi) is 5.75. The van der Waals surface area contributed by atoms with Gasteiger partial charge < -0.3 is 15.2 Å². The maximum Gasteiger partial charge on any atom is 0.0734 e. The lowest BCUT2D eigenvalue weighted by atomic mass is 10.1. The highest BCUT2D eigenvalue weighted by atomic mass is 16.5. The fourth-order valence-corrected chi connectivity index (χ4v) is 2.03. The third-order valence-corrected chi connectivity index (χ3v) is 2.95. The first kappa shape index (κ1) is 13.9. The first-order valence-electron chi connectivity index (χ1n) is 6.64. The van der Waals surface area contributed by atoms with Crippen LogP contribution in [0.1, 0.15) is 5.56 Å². The normalized spacial score (nSPS) is 11.0. The van der Waals surface area contributed by atoms with E-state index in [4.69, 9.17) is 9.84 Å². The molecule has 0 bridgehead atoms. The van der Waals surface area contributed by atoms with Gasteiger partial charge in [0.2, 0.25) is 0 Å². The van der Waals surface area contributed by atoms with Crippen molar-refractivity contribution in [3.05, 3.63) is 42.1 Å². The predicted molar refractivity (Wildman–Crippen MR) is 76.2 cm³/mol. The molecule has 102 valence electrons. The minimum absolute atomic E-state index is 0.0850. The molecule has 0 aliphatic heterocycles. The summed E-state index contributed by atoms with van der Waals surface area (Å²) in [6.07, 6.45) is 2.79. The molecule has 4 heteroatoms. The molecule has 2 rings (SSSR count). The smallest absolute Gasteiger partial charge is 0.0734 e. The zero-order valence-corrected chi connectivity index (χ0v) is 11.0. The Morgan fingerprint density at radius 2 is 2.00 bits per heavy atom. The van der Waals surface area contributed by atoms with Crippen molar-refractivity contribution in [2.75, 3.05) is 32.9 Å². The molecule has 0 atom stereocenters. The summed E-state index contributed by atoms with van der Waals surface area (Å²) in [7, 11) is 0. The summed E-state index contributed by atoms with van der Waals surface area (Å²) < 4.78 is 5.18. The second kappa shape index (κ2) is 7.84. The van der Waals surface area contributed by atoms with Crippen molar-refractivity contribution in [1.29, 1.82) is 0 Å². The van der Waals surface area contributed by atoms with Crippen LogP contribution in [0, 0.1) is 0 Å². The Bertz CT molecular complexity index is 497. The molecule has 0 aliphatic rings. The van der Waals surface area contributed by atoms with Gasteiger partial charge in [0.05, 0.1) is 25.3 Å². The van der Waals surface area contributed by atoms with Crippen molar-refractivity contribution in [1.82, 2.24) is 10.3 Å². The average Bonchev–Trinajstić information content (AvgIpc) is 2.46. The number of rotatable bonds is 8. The second-order valence-electron chi connectivity index (χ2n) is 4.33. The van der Waals surface area contributed by atoms with E-state index in [1.807, 2.05) is 12.3 Å². The van der Waals surface area contributed by atoms with Crippen LogP contribution in [-0.2, 0) is 11.2 Å². The van der Waals surface area contributed by atoms with E-state index in [1.165, 1.54) is 10.9 Å². The molecule has 0 aliphatic carbocycles. The number of para-hydroxylation sites is 1. The molecular weight excluding hydrogens is 240 g/mol. The van der Waals surface area contributed by atoms with E-state index in [0.29, 0.717) is 13.2 Å². The molecule has 0 radical (unpaired) electrons. The van der Waals surface area contributed by atoms with Crippen LogP contribution in [0.2, 0.25) is 0 Å². The number of hydrogen-bond acceptors (Lipinski definition) is 4. The number of nitrogens with one attached hydrogen (secondary N) is 1. The van der Waals surface area contributed by atoms with Crippen LogP contribution in [-0.4, -0.2) is 43.0 Å². The van der Waals surface area contributed by atoms with Crippen LogP contribution in [0.3, 0.4) is 0 Å². The highest BCUT2D eigenvalue weighted by molar-refractivity contribution is 5.81. The highest BCUT2D eigenvalue weighted by Crippen LogP contribution is 2.15. The topological polar surface area (TPSA) is 54.4 Å². The fraction of sp³-hybridized carbons (Fsp3) is 0.400. The number of fused-ring (bicyclic) bond motifs is 1. The zero-order valence-electron chi connectivity index (χ0n) is 11.0. The van der Waals surface area contributed by atoms with Crippen molar-refractivity contribution >= 4 is 10.9 Å². The molecule has 1 aromatic carbocycles. The molecule has 0 saturated heterocycles. The monoisotopic (exact) mass is 260 g/mol. The Hall–Kier alpha value is -1.49. The van der Waals surface area contributed by atoms with Gasteiger partial charge in [-0.1, -0.05) is 24.3 Å². The van der Waals surface area contributed by atoms with Crippen LogP contribution in [0.4, 0.5) is 0 Å². The van der Waals surface area contributed by atoms with Gasteiger partial charge in [0.15, 0.2) is 0 Å². The first-order valence-corrected chi connectivity index (χ1v) is 6.64. The Balaban J connectivity index is 1.78. The summed E-state index contributed by atoms with van der Waals surface area (Å²) in [6.45, 7) is 2.83. The maximum absolute atomic E-state index is 8.57. The second-order valence-corrected chi connectivity index (χ2v) is 4.33. The molecule has 2 aromatic rings. The lowest BCUT2D eigenvalue weighted by Crippen LogP contribution is -2.22. The zero-order chi connectivity index (χ0) is 13.3. The number of aliphatic hydroxyl groups excluding tert-OH is 1. The van der Waals surface area contributed by atoms with Gasteiger partial charge >= 0.3 is 0 Å². The Morgan fingerprint density at radius 1 is 1.11 bits per heavy atom. The minimum Gasteiger partial charge on any atom is -0.394 e. The number of pyridine rings is 1. The summed E-state index contributed by atoms with van der Waals surface area (Å²) >= 11 is 0. The fourth-order valence-electron chi connectivity index (χ4n) is 2.03. The van der Waals surface area contributed by atoms with Crippen molar-refractivity contribution < 1.29 is 9.84 Å². The van der Waals surface area contributed by atoms with E-state index >= 15 is 0 Å². The summed E-state index contributed by atoms with van der Waals surface area (Å²) in [4.78, 5) is 4.44. The van der Waals surface area contributed by atoms with E-state index in [-0.39, 0.29) is 6.61 Å². The summed E-state index contributed by atoms with van der Waals surface area (Å²) in [5.41, 5.74) is 2.35. The minimum atomic E-state index is 0.0850. The number of benzene rings is 1. The van der Waals surface area contributed by atoms with Crippen LogP contribution in [0.5, 0.6) is 0 Å². The van der Waals surface area contributed by atoms with Crippen molar-refractivity contribution in [3.63, 3.8) is 0 Å². The standard InChI is InChI=1S/C15H20N2O2/c18-10-12-19-11-9-16-8-6-14-4-1-3-13-5-2-7-17-15(13)14/h1-5,7,16,18H,6,8-12H2. The van der Waals surface area contributed by atoms with Gasteiger partial charge in [0, 0.05) is 18.1 Å². The van der Waals surface area contributed by atoms with Gasteiger partial charge in [-0.05, 0) is 24.6 Å². The van der Waals surface area contributed by atoms with E-state index in [1.54, 1.807) is 0 Å². The molecule has 0 fully saturated rings. The van der Waals surface area contributed by atoms with Gasteiger partial charge in [-0.3, -0.25) is 4.98 Å². The van der Waals surface area contributed by atoms with Crippen LogP contribution in [0.15, 0.2) is 36.5 Å². The number of hydrogen-bond donors (Lipinski definition) is 2. The summed E-state index contributed by atoms with van der Waals surface area (Å²) in [5.74, 6) is 0. The molecule has 1 heterocycles. The van der Waals surface area contributed by atoms with E-state index in [9.17, 15) is 0 Å². The highest BCUT2D eigenvalue weighted by Gasteiger charge is 2.00. The van der Waals surface area contributed by atoms with Gasteiger partial charge in [-0.2, -0.15) is 0 Å².